The number of ether oxygens (including phenoxy) is 1. The predicted octanol–water partition coefficient (Wildman–Crippen LogP) is 3.71. The molecule has 1 N–H and O–H groups in total. The van der Waals surface area contributed by atoms with Gasteiger partial charge >= 0.3 is 0 Å². The Morgan fingerprint density at radius 3 is 2.75 bits per heavy atom. The maximum atomic E-state index is 6.22. The highest BCUT2D eigenvalue weighted by Crippen LogP contribution is 2.26. The van der Waals surface area contributed by atoms with E-state index in [2.05, 4.69) is 24.3 Å². The Balaban J connectivity index is 1.95. The van der Waals surface area contributed by atoms with Crippen LogP contribution in [0.3, 0.4) is 0 Å². The van der Waals surface area contributed by atoms with Gasteiger partial charge in [0.15, 0.2) is 5.76 Å². The van der Waals surface area contributed by atoms with Gasteiger partial charge in [-0.05, 0) is 24.6 Å². The quantitative estimate of drug-likeness (QED) is 0.882. The van der Waals surface area contributed by atoms with Crippen molar-refractivity contribution in [2.45, 2.75) is 40.0 Å². The van der Waals surface area contributed by atoms with Crippen LogP contribution >= 0.6 is 11.6 Å². The van der Waals surface area contributed by atoms with E-state index in [1.807, 2.05) is 31.2 Å². The van der Waals surface area contributed by atoms with E-state index < -0.39 is 0 Å². The van der Waals surface area contributed by atoms with E-state index in [1.54, 1.807) is 0 Å². The Bertz CT molecular complexity index is 567. The zero-order valence-corrected chi connectivity index (χ0v) is 12.7. The maximum absolute atomic E-state index is 6.22. The number of aromatic nitrogens is 1. The van der Waals surface area contributed by atoms with E-state index in [4.69, 9.17) is 20.9 Å². The first-order valence-corrected chi connectivity index (χ1v) is 6.99. The van der Waals surface area contributed by atoms with E-state index >= 15 is 0 Å². The minimum absolute atomic E-state index is 0.324. The predicted molar refractivity (Wildman–Crippen MR) is 79.0 cm³/mol. The number of hydrogen-bond donors (Lipinski definition) is 1. The second-order valence-corrected chi connectivity index (χ2v) is 5.43. The third kappa shape index (κ3) is 4.25. The highest BCUT2D eigenvalue weighted by molar-refractivity contribution is 6.32. The Kier molecular flexibility index (Phi) is 5.04. The summed E-state index contributed by atoms with van der Waals surface area (Å²) in [6, 6.07) is 8.08. The molecule has 0 bridgehead atoms. The topological polar surface area (TPSA) is 47.3 Å². The lowest BCUT2D eigenvalue weighted by molar-refractivity contribution is 0.249. The summed E-state index contributed by atoms with van der Waals surface area (Å²) in [6.07, 6.45) is 0. The molecule has 0 radical (unpaired) electrons. The van der Waals surface area contributed by atoms with Crippen molar-refractivity contribution in [3.05, 3.63) is 46.3 Å². The van der Waals surface area contributed by atoms with Crippen LogP contribution in [0.2, 0.25) is 5.02 Å². The number of nitrogens with zero attached hydrogens (tertiary/aromatic N) is 1. The molecule has 0 amide bonds. The maximum Gasteiger partial charge on any atom is 0.174 e. The number of halogens is 1. The van der Waals surface area contributed by atoms with Crippen molar-refractivity contribution in [1.29, 1.82) is 0 Å². The van der Waals surface area contributed by atoms with Crippen LogP contribution in [-0.2, 0) is 13.2 Å². The molecule has 0 spiro atoms. The van der Waals surface area contributed by atoms with E-state index in [1.165, 1.54) is 0 Å². The third-order valence-electron chi connectivity index (χ3n) is 2.76. The minimum atomic E-state index is 0.324. The fourth-order valence-electron chi connectivity index (χ4n) is 1.73. The minimum Gasteiger partial charge on any atom is -0.484 e. The molecule has 0 saturated heterocycles. The van der Waals surface area contributed by atoms with Gasteiger partial charge in [0.25, 0.3) is 0 Å². The molecule has 0 aliphatic carbocycles. The first kappa shape index (κ1) is 14.9. The van der Waals surface area contributed by atoms with Crippen LogP contribution in [0.15, 0.2) is 28.8 Å². The first-order chi connectivity index (χ1) is 9.54. The lowest BCUT2D eigenvalue weighted by atomic mass is 10.2. The van der Waals surface area contributed by atoms with Gasteiger partial charge in [-0.3, -0.25) is 0 Å². The lowest BCUT2D eigenvalue weighted by Crippen LogP contribution is -2.21. The summed E-state index contributed by atoms with van der Waals surface area (Å²) in [4.78, 5) is 0. The first-order valence-electron chi connectivity index (χ1n) is 6.61. The molecular weight excluding hydrogens is 276 g/mol. The molecule has 0 atom stereocenters. The molecule has 4 nitrogen and oxygen atoms in total. The number of nitrogens with one attached hydrogen (secondary N) is 1. The van der Waals surface area contributed by atoms with Gasteiger partial charge in [-0.25, -0.2) is 0 Å². The van der Waals surface area contributed by atoms with Crippen LogP contribution in [0.25, 0.3) is 0 Å². The van der Waals surface area contributed by atoms with Crippen molar-refractivity contribution >= 4 is 11.6 Å². The van der Waals surface area contributed by atoms with Crippen LogP contribution in [-0.4, -0.2) is 11.2 Å². The van der Waals surface area contributed by atoms with Gasteiger partial charge in [0.2, 0.25) is 0 Å². The summed E-state index contributed by atoms with van der Waals surface area (Å²) in [5.41, 5.74) is 1.97. The van der Waals surface area contributed by atoms with Gasteiger partial charge in [0.05, 0.1) is 10.7 Å². The molecule has 20 heavy (non-hydrogen) atoms. The molecule has 0 saturated carbocycles. The van der Waals surface area contributed by atoms with Gasteiger partial charge in [-0.15, -0.1) is 0 Å². The zero-order chi connectivity index (χ0) is 14.5. The largest absolute Gasteiger partial charge is 0.484 e. The summed E-state index contributed by atoms with van der Waals surface area (Å²) >= 11 is 6.22. The third-order valence-corrected chi connectivity index (χ3v) is 3.05. The molecule has 108 valence electrons. The van der Waals surface area contributed by atoms with Gasteiger partial charge < -0.3 is 14.6 Å². The number of aryl methyl sites for hydroxylation is 1. The second kappa shape index (κ2) is 6.77. The van der Waals surface area contributed by atoms with Crippen molar-refractivity contribution < 1.29 is 9.26 Å². The molecular formula is C15H19ClN2O2. The normalized spacial score (nSPS) is 11.1. The second-order valence-electron chi connectivity index (χ2n) is 5.02. The van der Waals surface area contributed by atoms with E-state index in [-0.39, 0.29) is 0 Å². The van der Waals surface area contributed by atoms with Crippen LogP contribution in [0.1, 0.15) is 30.9 Å². The summed E-state index contributed by atoms with van der Waals surface area (Å²) < 4.78 is 10.7. The van der Waals surface area contributed by atoms with Crippen LogP contribution in [0.4, 0.5) is 0 Å². The van der Waals surface area contributed by atoms with Crippen molar-refractivity contribution in [3.8, 4) is 5.75 Å². The van der Waals surface area contributed by atoms with Crippen LogP contribution in [0.5, 0.6) is 5.75 Å². The van der Waals surface area contributed by atoms with E-state index in [0.717, 1.165) is 17.8 Å². The van der Waals surface area contributed by atoms with Crippen molar-refractivity contribution in [2.24, 2.45) is 0 Å². The Labute approximate surface area is 124 Å². The summed E-state index contributed by atoms with van der Waals surface area (Å²) in [5, 5.41) is 7.76. The average Bonchev–Trinajstić information content (AvgIpc) is 2.81. The Morgan fingerprint density at radius 1 is 1.35 bits per heavy atom. The van der Waals surface area contributed by atoms with Gasteiger partial charge in [0.1, 0.15) is 12.4 Å². The molecule has 0 aliphatic rings. The van der Waals surface area contributed by atoms with E-state index in [0.29, 0.717) is 29.2 Å². The summed E-state index contributed by atoms with van der Waals surface area (Å²) in [5.74, 6) is 1.33. The molecule has 2 rings (SSSR count). The van der Waals surface area contributed by atoms with Gasteiger partial charge in [0, 0.05) is 18.7 Å². The average molecular weight is 295 g/mol. The standard InChI is InChI=1S/C15H19ClN2O2/c1-10(2)17-8-12-4-5-15(14(16)7-12)19-9-13-6-11(3)18-20-13/h4-7,10,17H,8-9H2,1-3H3. The fourth-order valence-corrected chi connectivity index (χ4v) is 1.98. The zero-order valence-electron chi connectivity index (χ0n) is 11.9. The lowest BCUT2D eigenvalue weighted by Gasteiger charge is -2.10. The number of benzene rings is 1. The Morgan fingerprint density at radius 2 is 2.15 bits per heavy atom. The smallest absolute Gasteiger partial charge is 0.174 e. The summed E-state index contributed by atoms with van der Waals surface area (Å²) in [6.45, 7) is 7.20. The molecule has 0 unspecified atom stereocenters. The Hall–Kier alpha value is -1.52. The van der Waals surface area contributed by atoms with Gasteiger partial charge in [-0.2, -0.15) is 0 Å². The molecule has 1 heterocycles. The molecule has 0 fully saturated rings. The van der Waals surface area contributed by atoms with Crippen LogP contribution < -0.4 is 10.1 Å². The van der Waals surface area contributed by atoms with E-state index in [9.17, 15) is 0 Å². The van der Waals surface area contributed by atoms with Crippen molar-refractivity contribution in [3.63, 3.8) is 0 Å². The summed E-state index contributed by atoms with van der Waals surface area (Å²) in [7, 11) is 0. The monoisotopic (exact) mass is 294 g/mol. The molecule has 2 aromatic rings. The highest BCUT2D eigenvalue weighted by Gasteiger charge is 2.06. The SMILES string of the molecule is Cc1cc(COc2ccc(CNC(C)C)cc2Cl)on1. The van der Waals surface area contributed by atoms with Gasteiger partial charge in [-0.1, -0.05) is 36.7 Å². The highest BCUT2D eigenvalue weighted by atomic mass is 35.5. The fraction of sp³-hybridized carbons (Fsp3) is 0.400. The molecule has 1 aromatic carbocycles. The van der Waals surface area contributed by atoms with Crippen molar-refractivity contribution in [1.82, 2.24) is 10.5 Å². The number of rotatable bonds is 6. The molecule has 5 heteroatoms. The number of hydrogen-bond acceptors (Lipinski definition) is 4. The van der Waals surface area contributed by atoms with Crippen LogP contribution in [0, 0.1) is 6.92 Å². The van der Waals surface area contributed by atoms with Crippen molar-refractivity contribution in [2.75, 3.05) is 0 Å². The molecule has 0 aliphatic heterocycles. The molecule has 1 aromatic heterocycles.